The molecule has 1 N–H and O–H groups in total. The molecule has 30 heavy (non-hydrogen) atoms. The van der Waals surface area contributed by atoms with Crippen molar-refractivity contribution in [3.05, 3.63) is 53.1 Å². The number of amides is 2. The summed E-state index contributed by atoms with van der Waals surface area (Å²) in [6, 6.07) is 2.07. The Morgan fingerprint density at radius 2 is 1.83 bits per heavy atom. The maximum absolute atomic E-state index is 14.2. The molecular weight excluding hydrogens is 418 g/mol. The summed E-state index contributed by atoms with van der Waals surface area (Å²) in [7, 11) is 0. The standard InChI is InChI=1S/C18H12F6N4O2/c19-10-4-25-15(26-5-10)27-13(29)6-28-8-16(7-17(16,20)21)12-3-9(18(22,23)24)1-2-11(12)14(28)30/h1-5H,6-8H2,(H,25,26,27,29)/t16-/m0/s1. The fraction of sp³-hybridized carbons (Fsp3) is 0.333. The lowest BCUT2D eigenvalue weighted by Crippen LogP contribution is -2.48. The maximum Gasteiger partial charge on any atom is 0.416 e. The first-order valence-corrected chi connectivity index (χ1v) is 8.59. The molecule has 1 aliphatic heterocycles. The molecule has 12 heteroatoms. The summed E-state index contributed by atoms with van der Waals surface area (Å²) in [5.41, 5.74) is -3.79. The van der Waals surface area contributed by atoms with Gasteiger partial charge in [-0.25, -0.2) is 23.1 Å². The van der Waals surface area contributed by atoms with Crippen molar-refractivity contribution < 1.29 is 35.9 Å². The van der Waals surface area contributed by atoms with E-state index in [2.05, 4.69) is 15.3 Å². The van der Waals surface area contributed by atoms with Crippen LogP contribution < -0.4 is 5.32 Å². The van der Waals surface area contributed by atoms with Crippen molar-refractivity contribution in [2.24, 2.45) is 0 Å². The van der Waals surface area contributed by atoms with Gasteiger partial charge in [-0.3, -0.25) is 14.9 Å². The van der Waals surface area contributed by atoms with E-state index in [4.69, 9.17) is 0 Å². The minimum absolute atomic E-state index is 0.257. The van der Waals surface area contributed by atoms with Gasteiger partial charge < -0.3 is 4.90 Å². The summed E-state index contributed by atoms with van der Waals surface area (Å²) in [6.07, 6.45) is -3.90. The van der Waals surface area contributed by atoms with Gasteiger partial charge in [-0.05, 0) is 23.8 Å². The van der Waals surface area contributed by atoms with Crippen LogP contribution in [0.1, 0.15) is 27.9 Å². The predicted molar refractivity (Wildman–Crippen MR) is 89.2 cm³/mol. The topological polar surface area (TPSA) is 75.2 Å². The third-order valence-corrected chi connectivity index (χ3v) is 5.15. The molecule has 1 atom stereocenters. The lowest BCUT2D eigenvalue weighted by atomic mass is 9.84. The number of carbonyl (C=O) groups is 2. The van der Waals surface area contributed by atoms with Crippen LogP contribution in [0.15, 0.2) is 30.6 Å². The number of alkyl halides is 5. The van der Waals surface area contributed by atoms with Gasteiger partial charge in [0.05, 0.1) is 23.4 Å². The molecule has 4 rings (SSSR count). The van der Waals surface area contributed by atoms with E-state index >= 15 is 0 Å². The highest BCUT2D eigenvalue weighted by molar-refractivity contribution is 6.01. The first kappa shape index (κ1) is 20.1. The maximum atomic E-state index is 14.2. The number of halogens is 6. The lowest BCUT2D eigenvalue weighted by Gasteiger charge is -2.34. The van der Waals surface area contributed by atoms with Crippen molar-refractivity contribution in [3.63, 3.8) is 0 Å². The van der Waals surface area contributed by atoms with Crippen molar-refractivity contribution in [1.29, 1.82) is 0 Å². The van der Waals surface area contributed by atoms with Crippen LogP contribution in [0.3, 0.4) is 0 Å². The summed E-state index contributed by atoms with van der Waals surface area (Å²) < 4.78 is 80.4. The number of rotatable bonds is 3. The van der Waals surface area contributed by atoms with E-state index in [1.165, 1.54) is 0 Å². The van der Waals surface area contributed by atoms with E-state index < -0.39 is 60.2 Å². The van der Waals surface area contributed by atoms with Gasteiger partial charge in [0.25, 0.3) is 11.8 Å². The monoisotopic (exact) mass is 430 g/mol. The molecule has 1 spiro atoms. The Kier molecular flexibility index (Phi) is 4.30. The first-order valence-electron chi connectivity index (χ1n) is 8.59. The number of carbonyl (C=O) groups excluding carboxylic acids is 2. The van der Waals surface area contributed by atoms with Crippen molar-refractivity contribution in [3.8, 4) is 0 Å². The number of benzene rings is 1. The summed E-state index contributed by atoms with van der Waals surface area (Å²) in [4.78, 5) is 32.7. The van der Waals surface area contributed by atoms with Crippen LogP contribution in [0.4, 0.5) is 32.3 Å². The normalized spacial score (nSPS) is 22.1. The molecule has 6 nitrogen and oxygen atoms in total. The Hall–Kier alpha value is -3.18. The van der Waals surface area contributed by atoms with E-state index in [0.29, 0.717) is 12.1 Å². The number of hydrogen-bond donors (Lipinski definition) is 1. The van der Waals surface area contributed by atoms with E-state index in [-0.39, 0.29) is 17.1 Å². The molecule has 1 saturated carbocycles. The number of nitrogens with zero attached hydrogens (tertiary/aromatic N) is 3. The molecular formula is C18H12F6N4O2. The van der Waals surface area contributed by atoms with Crippen LogP contribution in [0, 0.1) is 5.82 Å². The minimum Gasteiger partial charge on any atom is -0.328 e. The van der Waals surface area contributed by atoms with Gasteiger partial charge in [0.2, 0.25) is 11.9 Å². The van der Waals surface area contributed by atoms with E-state index in [1.54, 1.807) is 0 Å². The molecule has 0 bridgehead atoms. The molecule has 0 radical (unpaired) electrons. The molecule has 1 aromatic heterocycles. The number of aromatic nitrogens is 2. The van der Waals surface area contributed by atoms with E-state index in [1.807, 2.05) is 0 Å². The van der Waals surface area contributed by atoms with Gasteiger partial charge >= 0.3 is 6.18 Å². The van der Waals surface area contributed by atoms with Gasteiger partial charge in [-0.2, -0.15) is 13.2 Å². The second-order valence-corrected chi connectivity index (χ2v) is 7.16. The average Bonchev–Trinajstić information content (AvgIpc) is 3.21. The minimum atomic E-state index is -4.75. The predicted octanol–water partition coefficient (Wildman–Crippen LogP) is 3.01. The highest BCUT2D eigenvalue weighted by Crippen LogP contribution is 2.64. The SMILES string of the molecule is O=C(CN1C[C@@]2(CC2(F)F)c2cc(C(F)(F)F)ccc2C1=O)Nc1ncc(F)cn1. The zero-order chi connectivity index (χ0) is 21.9. The van der Waals surface area contributed by atoms with Crippen LogP contribution in [-0.2, 0) is 16.4 Å². The summed E-state index contributed by atoms with van der Waals surface area (Å²) >= 11 is 0. The van der Waals surface area contributed by atoms with Crippen LogP contribution in [-0.4, -0.2) is 45.7 Å². The van der Waals surface area contributed by atoms with Gasteiger partial charge in [0.15, 0.2) is 5.82 Å². The van der Waals surface area contributed by atoms with Crippen molar-refractivity contribution in [1.82, 2.24) is 14.9 Å². The molecule has 158 valence electrons. The summed E-state index contributed by atoms with van der Waals surface area (Å²) in [5, 5.41) is 2.20. The van der Waals surface area contributed by atoms with Crippen LogP contribution in [0.2, 0.25) is 0 Å². The lowest BCUT2D eigenvalue weighted by molar-refractivity contribution is -0.137. The molecule has 1 fully saturated rings. The molecule has 2 amide bonds. The van der Waals surface area contributed by atoms with Crippen molar-refractivity contribution in [2.45, 2.75) is 23.9 Å². The number of hydrogen-bond acceptors (Lipinski definition) is 4. The van der Waals surface area contributed by atoms with Crippen LogP contribution in [0.5, 0.6) is 0 Å². The quantitative estimate of drug-likeness (QED) is 0.760. The second kappa shape index (κ2) is 6.41. The number of nitrogens with one attached hydrogen (secondary N) is 1. The van der Waals surface area contributed by atoms with E-state index in [0.717, 1.165) is 23.4 Å². The Bertz CT molecular complexity index is 1040. The molecule has 2 aromatic rings. The zero-order valence-electron chi connectivity index (χ0n) is 14.9. The Morgan fingerprint density at radius 1 is 1.20 bits per heavy atom. The highest BCUT2D eigenvalue weighted by Gasteiger charge is 2.74. The van der Waals surface area contributed by atoms with Gasteiger partial charge in [0, 0.05) is 18.5 Å². The fourth-order valence-corrected chi connectivity index (χ4v) is 3.60. The molecule has 0 unspecified atom stereocenters. The van der Waals surface area contributed by atoms with Gasteiger partial charge in [-0.1, -0.05) is 0 Å². The number of fused-ring (bicyclic) bond motifs is 2. The smallest absolute Gasteiger partial charge is 0.328 e. The molecule has 0 saturated heterocycles. The third-order valence-electron chi connectivity index (χ3n) is 5.15. The molecule has 2 aliphatic rings. The van der Waals surface area contributed by atoms with Gasteiger partial charge in [0.1, 0.15) is 6.54 Å². The largest absolute Gasteiger partial charge is 0.416 e. The Morgan fingerprint density at radius 3 is 2.40 bits per heavy atom. The first-order chi connectivity index (χ1) is 13.9. The highest BCUT2D eigenvalue weighted by atomic mass is 19.4. The summed E-state index contributed by atoms with van der Waals surface area (Å²) in [6.45, 7) is -1.28. The molecule has 1 aromatic carbocycles. The molecule has 2 heterocycles. The number of anilines is 1. The Balaban J connectivity index is 1.61. The van der Waals surface area contributed by atoms with Crippen LogP contribution in [0.25, 0.3) is 0 Å². The Labute approximate surface area is 164 Å². The van der Waals surface area contributed by atoms with Crippen molar-refractivity contribution in [2.75, 3.05) is 18.4 Å². The molecule has 1 aliphatic carbocycles. The summed E-state index contributed by atoms with van der Waals surface area (Å²) in [5.74, 6) is -5.99. The zero-order valence-corrected chi connectivity index (χ0v) is 14.9. The third kappa shape index (κ3) is 3.25. The van der Waals surface area contributed by atoms with Crippen molar-refractivity contribution >= 4 is 17.8 Å². The average molecular weight is 430 g/mol. The van der Waals surface area contributed by atoms with Crippen LogP contribution >= 0.6 is 0 Å². The van der Waals surface area contributed by atoms with Gasteiger partial charge in [-0.15, -0.1) is 0 Å². The van der Waals surface area contributed by atoms with E-state index in [9.17, 15) is 35.9 Å². The second-order valence-electron chi connectivity index (χ2n) is 7.16. The fourth-order valence-electron chi connectivity index (χ4n) is 3.60.